The zero-order chi connectivity index (χ0) is 12.3. The van der Waals surface area contributed by atoms with Crippen LogP contribution in [0.25, 0.3) is 0 Å². The Morgan fingerprint density at radius 3 is 2.71 bits per heavy atom. The van der Waals surface area contributed by atoms with E-state index in [4.69, 9.17) is 0 Å². The summed E-state index contributed by atoms with van der Waals surface area (Å²) in [5.74, 6) is 1.82. The van der Waals surface area contributed by atoms with E-state index >= 15 is 0 Å². The number of aromatic nitrogens is 1. The largest absolute Gasteiger partial charge is 0.367 e. The van der Waals surface area contributed by atoms with Crippen molar-refractivity contribution in [1.29, 1.82) is 0 Å². The number of rotatable bonds is 3. The van der Waals surface area contributed by atoms with E-state index in [-0.39, 0.29) is 0 Å². The second-order valence-electron chi connectivity index (χ2n) is 5.15. The molecule has 0 bridgehead atoms. The molecule has 0 saturated heterocycles. The Morgan fingerprint density at radius 2 is 2.06 bits per heavy atom. The molecule has 1 N–H and O–H groups in total. The Labute approximate surface area is 112 Å². The fourth-order valence-electron chi connectivity index (χ4n) is 2.60. The average Bonchev–Trinajstić information content (AvgIpc) is 2.35. The third kappa shape index (κ3) is 3.44. The van der Waals surface area contributed by atoms with Crippen LogP contribution in [-0.4, -0.2) is 11.0 Å². The lowest BCUT2D eigenvalue weighted by Crippen LogP contribution is -2.28. The highest BCUT2D eigenvalue weighted by molar-refractivity contribution is 9.10. The predicted octanol–water partition coefficient (Wildman–Crippen LogP) is 4.53. The summed E-state index contributed by atoms with van der Waals surface area (Å²) < 4.78 is 1.08. The quantitative estimate of drug-likeness (QED) is 0.886. The summed E-state index contributed by atoms with van der Waals surface area (Å²) in [4.78, 5) is 4.42. The number of hydrogen-bond donors (Lipinski definition) is 1. The lowest BCUT2D eigenvalue weighted by Gasteiger charge is -2.28. The SMILES string of the molecule is Cc1cc(NC(C)C2CCCCC2)ncc1Br. The van der Waals surface area contributed by atoms with E-state index < -0.39 is 0 Å². The normalized spacial score (nSPS) is 19.0. The predicted molar refractivity (Wildman–Crippen MR) is 76.3 cm³/mol. The van der Waals surface area contributed by atoms with Crippen molar-refractivity contribution in [2.24, 2.45) is 5.92 Å². The molecule has 1 unspecified atom stereocenters. The van der Waals surface area contributed by atoms with E-state index in [0.29, 0.717) is 6.04 Å². The maximum atomic E-state index is 4.42. The first-order valence-corrected chi connectivity index (χ1v) is 7.35. The van der Waals surface area contributed by atoms with Gasteiger partial charge in [0, 0.05) is 16.7 Å². The first kappa shape index (κ1) is 12.9. The lowest BCUT2D eigenvalue weighted by atomic mass is 9.84. The number of anilines is 1. The van der Waals surface area contributed by atoms with Crippen LogP contribution in [0.2, 0.25) is 0 Å². The Kier molecular flexibility index (Phi) is 4.43. The summed E-state index contributed by atoms with van der Waals surface area (Å²) in [5.41, 5.74) is 1.23. The van der Waals surface area contributed by atoms with Crippen molar-refractivity contribution in [2.75, 3.05) is 5.32 Å². The van der Waals surface area contributed by atoms with Crippen molar-refractivity contribution < 1.29 is 0 Å². The Balaban J connectivity index is 1.96. The molecule has 2 nitrogen and oxygen atoms in total. The number of halogens is 1. The Morgan fingerprint density at radius 1 is 1.35 bits per heavy atom. The summed E-state index contributed by atoms with van der Waals surface area (Å²) in [6, 6.07) is 2.65. The van der Waals surface area contributed by atoms with Crippen LogP contribution >= 0.6 is 15.9 Å². The molecule has 0 aliphatic heterocycles. The van der Waals surface area contributed by atoms with Crippen molar-refractivity contribution in [3.8, 4) is 0 Å². The van der Waals surface area contributed by atoms with Crippen molar-refractivity contribution in [1.82, 2.24) is 4.98 Å². The van der Waals surface area contributed by atoms with Gasteiger partial charge in [-0.1, -0.05) is 19.3 Å². The van der Waals surface area contributed by atoms with Gasteiger partial charge in [-0.3, -0.25) is 0 Å². The van der Waals surface area contributed by atoms with E-state index in [0.717, 1.165) is 16.2 Å². The monoisotopic (exact) mass is 296 g/mol. The van der Waals surface area contributed by atoms with Crippen molar-refractivity contribution in [3.05, 3.63) is 22.3 Å². The zero-order valence-corrected chi connectivity index (χ0v) is 12.3. The minimum absolute atomic E-state index is 0.531. The smallest absolute Gasteiger partial charge is 0.126 e. The van der Waals surface area contributed by atoms with E-state index in [2.05, 4.69) is 46.1 Å². The molecular weight excluding hydrogens is 276 g/mol. The number of hydrogen-bond acceptors (Lipinski definition) is 2. The second kappa shape index (κ2) is 5.85. The van der Waals surface area contributed by atoms with Gasteiger partial charge in [-0.05, 0) is 60.2 Å². The van der Waals surface area contributed by atoms with Crippen LogP contribution in [0.1, 0.15) is 44.6 Å². The summed E-state index contributed by atoms with van der Waals surface area (Å²) in [6.07, 6.45) is 8.81. The molecule has 1 aliphatic carbocycles. The summed E-state index contributed by atoms with van der Waals surface area (Å²) in [5, 5.41) is 3.55. The van der Waals surface area contributed by atoms with Crippen LogP contribution in [0.15, 0.2) is 16.7 Å². The molecule has 1 aromatic rings. The standard InChI is InChI=1S/C14H21BrN2/c1-10-8-14(16-9-13(10)15)17-11(2)12-6-4-3-5-7-12/h8-9,11-12H,3-7H2,1-2H3,(H,16,17). The van der Waals surface area contributed by atoms with E-state index in [9.17, 15) is 0 Å². The molecule has 1 aliphatic rings. The third-order valence-corrected chi connectivity index (χ3v) is 4.61. The van der Waals surface area contributed by atoms with Crippen LogP contribution < -0.4 is 5.32 Å². The van der Waals surface area contributed by atoms with Crippen LogP contribution in [-0.2, 0) is 0 Å². The fourth-order valence-corrected chi connectivity index (χ4v) is 2.82. The van der Waals surface area contributed by atoms with Gasteiger partial charge in [0.05, 0.1) is 0 Å². The summed E-state index contributed by atoms with van der Waals surface area (Å²) in [7, 11) is 0. The zero-order valence-electron chi connectivity index (χ0n) is 10.7. The molecule has 2 rings (SSSR count). The molecule has 0 aromatic carbocycles. The number of nitrogens with zero attached hydrogens (tertiary/aromatic N) is 1. The minimum atomic E-state index is 0.531. The third-order valence-electron chi connectivity index (χ3n) is 3.78. The molecule has 1 heterocycles. The van der Waals surface area contributed by atoms with Crippen LogP contribution in [0.5, 0.6) is 0 Å². The molecule has 0 spiro atoms. The summed E-state index contributed by atoms with van der Waals surface area (Å²) >= 11 is 3.48. The number of nitrogens with one attached hydrogen (secondary N) is 1. The molecule has 1 aromatic heterocycles. The van der Waals surface area contributed by atoms with Gasteiger partial charge in [-0.25, -0.2) is 4.98 Å². The van der Waals surface area contributed by atoms with Crippen LogP contribution in [0.4, 0.5) is 5.82 Å². The molecule has 1 atom stereocenters. The molecule has 0 radical (unpaired) electrons. The van der Waals surface area contributed by atoms with Gasteiger partial charge >= 0.3 is 0 Å². The first-order chi connectivity index (χ1) is 8.16. The van der Waals surface area contributed by atoms with Gasteiger partial charge in [0.2, 0.25) is 0 Å². The summed E-state index contributed by atoms with van der Waals surface area (Å²) in [6.45, 7) is 4.39. The van der Waals surface area contributed by atoms with Crippen LogP contribution in [0.3, 0.4) is 0 Å². The van der Waals surface area contributed by atoms with E-state index in [1.54, 1.807) is 0 Å². The van der Waals surface area contributed by atoms with Gasteiger partial charge in [0.15, 0.2) is 0 Å². The molecule has 1 saturated carbocycles. The topological polar surface area (TPSA) is 24.9 Å². The van der Waals surface area contributed by atoms with Crippen molar-refractivity contribution in [3.63, 3.8) is 0 Å². The van der Waals surface area contributed by atoms with Crippen LogP contribution in [0, 0.1) is 12.8 Å². The molecule has 3 heteroatoms. The number of aryl methyl sites for hydroxylation is 1. The Hall–Kier alpha value is -0.570. The molecule has 0 amide bonds. The van der Waals surface area contributed by atoms with Gasteiger partial charge in [-0.2, -0.15) is 0 Å². The molecule has 94 valence electrons. The maximum absolute atomic E-state index is 4.42. The minimum Gasteiger partial charge on any atom is -0.367 e. The highest BCUT2D eigenvalue weighted by atomic mass is 79.9. The molecule has 17 heavy (non-hydrogen) atoms. The maximum Gasteiger partial charge on any atom is 0.126 e. The van der Waals surface area contributed by atoms with Gasteiger partial charge in [0.25, 0.3) is 0 Å². The van der Waals surface area contributed by atoms with Gasteiger partial charge < -0.3 is 5.32 Å². The first-order valence-electron chi connectivity index (χ1n) is 6.55. The molecule has 1 fully saturated rings. The highest BCUT2D eigenvalue weighted by Crippen LogP contribution is 2.28. The Bertz CT molecular complexity index is 372. The number of pyridine rings is 1. The second-order valence-corrected chi connectivity index (χ2v) is 6.00. The van der Waals surface area contributed by atoms with E-state index in [1.807, 2.05) is 6.20 Å². The van der Waals surface area contributed by atoms with Crippen molar-refractivity contribution in [2.45, 2.75) is 52.0 Å². The fraction of sp³-hybridized carbons (Fsp3) is 0.643. The van der Waals surface area contributed by atoms with E-state index in [1.165, 1.54) is 37.7 Å². The molecular formula is C14H21BrN2. The van der Waals surface area contributed by atoms with Gasteiger partial charge in [0.1, 0.15) is 5.82 Å². The van der Waals surface area contributed by atoms with Crippen molar-refractivity contribution >= 4 is 21.7 Å². The lowest BCUT2D eigenvalue weighted by molar-refractivity contribution is 0.328. The van der Waals surface area contributed by atoms with Gasteiger partial charge in [-0.15, -0.1) is 0 Å². The average molecular weight is 297 g/mol. The highest BCUT2D eigenvalue weighted by Gasteiger charge is 2.20.